The van der Waals surface area contributed by atoms with E-state index in [2.05, 4.69) is 21.2 Å². The number of carbonyl (C=O) groups is 1. The van der Waals surface area contributed by atoms with Crippen LogP contribution in [0.5, 0.6) is 11.5 Å². The largest absolute Gasteiger partial charge is 0.489 e. The normalized spacial score (nSPS) is 10.9. The second-order valence-electron chi connectivity index (χ2n) is 8.02. The van der Waals surface area contributed by atoms with Crippen LogP contribution in [0.25, 0.3) is 6.08 Å². The van der Waals surface area contributed by atoms with Crippen molar-refractivity contribution in [1.82, 2.24) is 0 Å². The number of amides is 1. The smallest absolute Gasteiger partial charge is 0.266 e. The van der Waals surface area contributed by atoms with Crippen LogP contribution in [0.1, 0.15) is 16.7 Å². The molecule has 0 aromatic heterocycles. The summed E-state index contributed by atoms with van der Waals surface area (Å²) in [5.41, 5.74) is 3.09. The van der Waals surface area contributed by atoms with Gasteiger partial charge in [-0.2, -0.15) is 5.26 Å². The number of ether oxygens (including phenoxy) is 2. The second kappa shape index (κ2) is 12.8. The first-order valence-electron chi connectivity index (χ1n) is 11.4. The van der Waals surface area contributed by atoms with Gasteiger partial charge in [0.2, 0.25) is 0 Å². The molecule has 7 heteroatoms. The Morgan fingerprint density at radius 1 is 0.892 bits per heavy atom. The average molecular weight is 574 g/mol. The summed E-state index contributed by atoms with van der Waals surface area (Å²) in [7, 11) is 0. The average Bonchev–Trinajstić information content (AvgIpc) is 2.92. The molecule has 0 unspecified atom stereocenters. The molecule has 1 amide bonds. The minimum Gasteiger partial charge on any atom is -0.489 e. The maximum Gasteiger partial charge on any atom is 0.266 e. The molecule has 0 aliphatic heterocycles. The Morgan fingerprint density at radius 3 is 2.27 bits per heavy atom. The maximum atomic E-state index is 12.9. The summed E-state index contributed by atoms with van der Waals surface area (Å²) in [6.07, 6.45) is 1.51. The summed E-state index contributed by atoms with van der Waals surface area (Å²) in [6.45, 7) is 0.759. The van der Waals surface area contributed by atoms with Crippen molar-refractivity contribution in [3.05, 3.63) is 129 Å². The van der Waals surface area contributed by atoms with Gasteiger partial charge in [0.05, 0.1) is 0 Å². The van der Waals surface area contributed by atoms with Gasteiger partial charge in [-0.15, -0.1) is 0 Å². The number of anilines is 1. The molecule has 4 aromatic rings. The molecule has 0 aliphatic rings. The first-order chi connectivity index (χ1) is 18.0. The lowest BCUT2D eigenvalue weighted by atomic mass is 10.1. The topological polar surface area (TPSA) is 71.3 Å². The predicted molar refractivity (Wildman–Crippen MR) is 149 cm³/mol. The van der Waals surface area contributed by atoms with Crippen molar-refractivity contribution in [2.75, 3.05) is 5.32 Å². The van der Waals surface area contributed by atoms with Crippen LogP contribution in [-0.4, -0.2) is 5.91 Å². The van der Waals surface area contributed by atoms with E-state index in [0.29, 0.717) is 41.0 Å². The van der Waals surface area contributed by atoms with Crippen LogP contribution in [0.2, 0.25) is 5.02 Å². The van der Waals surface area contributed by atoms with Gasteiger partial charge in [0, 0.05) is 20.7 Å². The Morgan fingerprint density at radius 2 is 1.57 bits per heavy atom. The lowest BCUT2D eigenvalue weighted by molar-refractivity contribution is -0.112. The van der Waals surface area contributed by atoms with E-state index in [1.165, 1.54) is 6.08 Å². The van der Waals surface area contributed by atoms with Crippen molar-refractivity contribution in [3.8, 4) is 17.6 Å². The van der Waals surface area contributed by atoms with E-state index in [1.54, 1.807) is 48.5 Å². The number of hydrogen-bond donors (Lipinski definition) is 1. The molecule has 37 heavy (non-hydrogen) atoms. The fourth-order valence-electron chi connectivity index (χ4n) is 3.38. The lowest BCUT2D eigenvalue weighted by Crippen LogP contribution is -2.13. The highest BCUT2D eigenvalue weighted by Crippen LogP contribution is 2.27. The number of benzene rings is 4. The zero-order chi connectivity index (χ0) is 26.0. The minimum atomic E-state index is -0.524. The van der Waals surface area contributed by atoms with Gasteiger partial charge in [0.15, 0.2) is 0 Å². The van der Waals surface area contributed by atoms with E-state index in [0.717, 1.165) is 15.6 Å². The van der Waals surface area contributed by atoms with Crippen molar-refractivity contribution in [1.29, 1.82) is 5.26 Å². The van der Waals surface area contributed by atoms with E-state index in [9.17, 15) is 10.1 Å². The molecule has 184 valence electrons. The first kappa shape index (κ1) is 26.0. The van der Waals surface area contributed by atoms with Gasteiger partial charge in [0.1, 0.15) is 36.4 Å². The molecule has 0 radical (unpaired) electrons. The summed E-state index contributed by atoms with van der Waals surface area (Å²) in [6, 6.07) is 31.6. The Hall–Kier alpha value is -4.05. The number of nitrogens with zero attached hydrogens (tertiary/aromatic N) is 1. The van der Waals surface area contributed by atoms with Crippen LogP contribution in [0, 0.1) is 11.3 Å². The SMILES string of the molecule is N#C/C(=C\c1cc(Br)ccc1OCc1ccc(Cl)cc1)C(=O)Nc1ccc(OCc2ccccc2)cc1. The van der Waals surface area contributed by atoms with Gasteiger partial charge in [-0.1, -0.05) is 70.0 Å². The van der Waals surface area contributed by atoms with Crippen molar-refractivity contribution in [2.45, 2.75) is 13.2 Å². The number of nitriles is 1. The van der Waals surface area contributed by atoms with Crippen LogP contribution in [0.4, 0.5) is 5.69 Å². The zero-order valence-corrected chi connectivity index (χ0v) is 22.0. The molecule has 4 rings (SSSR count). The van der Waals surface area contributed by atoms with Crippen LogP contribution in [0.15, 0.2) is 107 Å². The van der Waals surface area contributed by atoms with Crippen molar-refractivity contribution in [3.63, 3.8) is 0 Å². The number of hydrogen-bond acceptors (Lipinski definition) is 4. The molecule has 0 aliphatic carbocycles. The summed E-state index contributed by atoms with van der Waals surface area (Å²) >= 11 is 9.39. The van der Waals surface area contributed by atoms with Gasteiger partial charge in [0.25, 0.3) is 5.91 Å². The zero-order valence-electron chi connectivity index (χ0n) is 19.7. The molecule has 4 aromatic carbocycles. The van der Waals surface area contributed by atoms with Crippen LogP contribution in [-0.2, 0) is 18.0 Å². The summed E-state index contributed by atoms with van der Waals surface area (Å²) in [5.74, 6) is 0.692. The molecular weight excluding hydrogens is 552 g/mol. The van der Waals surface area contributed by atoms with E-state index in [-0.39, 0.29) is 5.57 Å². The Balaban J connectivity index is 1.42. The van der Waals surface area contributed by atoms with Gasteiger partial charge in [-0.05, 0) is 71.8 Å². The van der Waals surface area contributed by atoms with E-state index >= 15 is 0 Å². The standard InChI is InChI=1S/C30H22BrClN2O3/c31-25-8-15-29(37-20-22-6-9-26(32)10-7-22)23(17-25)16-24(18-33)30(35)34-27-11-13-28(14-12-27)36-19-21-4-2-1-3-5-21/h1-17H,19-20H2,(H,34,35)/b24-16+. The molecule has 5 nitrogen and oxygen atoms in total. The Kier molecular flexibility index (Phi) is 8.98. The van der Waals surface area contributed by atoms with Crippen LogP contribution < -0.4 is 14.8 Å². The van der Waals surface area contributed by atoms with Gasteiger partial charge in [-0.25, -0.2) is 0 Å². The molecule has 0 heterocycles. The summed E-state index contributed by atoms with van der Waals surface area (Å²) in [5, 5.41) is 13.1. The third kappa shape index (κ3) is 7.71. The monoisotopic (exact) mass is 572 g/mol. The fraction of sp³-hybridized carbons (Fsp3) is 0.0667. The number of rotatable bonds is 9. The molecule has 0 spiro atoms. The number of halogens is 2. The minimum absolute atomic E-state index is 0.0566. The third-order valence-electron chi connectivity index (χ3n) is 5.30. The molecule has 0 fully saturated rings. The molecular formula is C30H22BrClN2O3. The summed E-state index contributed by atoms with van der Waals surface area (Å²) in [4.78, 5) is 12.9. The molecule has 0 bridgehead atoms. The highest BCUT2D eigenvalue weighted by molar-refractivity contribution is 9.10. The Bertz CT molecular complexity index is 1430. The highest BCUT2D eigenvalue weighted by atomic mass is 79.9. The number of nitrogens with one attached hydrogen (secondary N) is 1. The van der Waals surface area contributed by atoms with Crippen molar-refractivity contribution in [2.24, 2.45) is 0 Å². The van der Waals surface area contributed by atoms with E-state index < -0.39 is 5.91 Å². The quantitative estimate of drug-likeness (QED) is 0.164. The van der Waals surface area contributed by atoms with Gasteiger partial charge in [-0.3, -0.25) is 4.79 Å². The second-order valence-corrected chi connectivity index (χ2v) is 9.37. The van der Waals surface area contributed by atoms with Crippen LogP contribution >= 0.6 is 27.5 Å². The van der Waals surface area contributed by atoms with Crippen molar-refractivity contribution >= 4 is 45.2 Å². The number of carbonyl (C=O) groups excluding carboxylic acids is 1. The third-order valence-corrected chi connectivity index (χ3v) is 6.05. The maximum absolute atomic E-state index is 12.9. The van der Waals surface area contributed by atoms with Crippen molar-refractivity contribution < 1.29 is 14.3 Å². The molecule has 0 saturated heterocycles. The van der Waals surface area contributed by atoms with E-state index in [4.69, 9.17) is 21.1 Å². The molecule has 0 atom stereocenters. The van der Waals surface area contributed by atoms with E-state index in [1.807, 2.05) is 54.6 Å². The molecule has 0 saturated carbocycles. The highest BCUT2D eigenvalue weighted by Gasteiger charge is 2.12. The first-order valence-corrected chi connectivity index (χ1v) is 12.5. The van der Waals surface area contributed by atoms with Crippen LogP contribution in [0.3, 0.4) is 0 Å². The lowest BCUT2D eigenvalue weighted by Gasteiger charge is -2.11. The molecule has 1 N–H and O–H groups in total. The fourth-order valence-corrected chi connectivity index (χ4v) is 3.89. The predicted octanol–water partition coefficient (Wildman–Crippen LogP) is 7.81. The Labute approximate surface area is 229 Å². The summed E-state index contributed by atoms with van der Waals surface area (Å²) < 4.78 is 12.5. The van der Waals surface area contributed by atoms with Gasteiger partial charge < -0.3 is 14.8 Å². The van der Waals surface area contributed by atoms with Gasteiger partial charge >= 0.3 is 0 Å².